The van der Waals surface area contributed by atoms with Gasteiger partial charge in [-0.3, -0.25) is 15.2 Å². The molecule has 1 aromatic heterocycles. The van der Waals surface area contributed by atoms with Crippen molar-refractivity contribution in [3.05, 3.63) is 48.4 Å². The Bertz CT molecular complexity index is 785. The van der Waals surface area contributed by atoms with Gasteiger partial charge < -0.3 is 4.42 Å². The van der Waals surface area contributed by atoms with Crippen LogP contribution in [0.2, 0.25) is 0 Å². The number of nitrogens with one attached hydrogen (secondary N) is 2. The third-order valence-corrected chi connectivity index (χ3v) is 5.04. The first-order chi connectivity index (χ1) is 11.0. The van der Waals surface area contributed by atoms with Crippen LogP contribution in [-0.4, -0.2) is 20.9 Å². The van der Waals surface area contributed by atoms with Crippen LogP contribution in [0.25, 0.3) is 0 Å². The fourth-order valence-electron chi connectivity index (χ4n) is 2.28. The molecule has 0 aliphatic carbocycles. The Morgan fingerprint density at radius 3 is 2.61 bits per heavy atom. The van der Waals surface area contributed by atoms with Gasteiger partial charge in [-0.15, -0.1) is 0 Å². The van der Waals surface area contributed by atoms with Crippen LogP contribution in [0.3, 0.4) is 0 Å². The molecule has 7 nitrogen and oxygen atoms in total. The Morgan fingerprint density at radius 2 is 2.04 bits per heavy atom. The molecular weight excluding hydrogens is 318 g/mol. The number of nitrogens with zero attached hydrogens (tertiary/aromatic N) is 1. The highest BCUT2D eigenvalue weighted by Crippen LogP contribution is 2.20. The van der Waals surface area contributed by atoms with Crippen LogP contribution in [0.1, 0.15) is 12.7 Å². The van der Waals surface area contributed by atoms with Gasteiger partial charge in [0.15, 0.2) is 0 Å². The van der Waals surface area contributed by atoms with E-state index < -0.39 is 10.0 Å². The summed E-state index contributed by atoms with van der Waals surface area (Å²) >= 11 is 0. The van der Waals surface area contributed by atoms with E-state index in [1.807, 2.05) is 6.92 Å². The quantitative estimate of drug-likeness (QED) is 0.858. The number of amides is 1. The number of hydrogen-bond acceptors (Lipinski definition) is 5. The van der Waals surface area contributed by atoms with Gasteiger partial charge in [0.2, 0.25) is 15.9 Å². The van der Waals surface area contributed by atoms with Gasteiger partial charge in [0.25, 0.3) is 0 Å². The lowest BCUT2D eigenvalue weighted by Crippen LogP contribution is -2.33. The maximum absolute atomic E-state index is 12.2. The molecule has 23 heavy (non-hydrogen) atoms. The summed E-state index contributed by atoms with van der Waals surface area (Å²) in [4.78, 5) is 11.7. The maximum Gasteiger partial charge on any atom is 0.243 e. The molecule has 3 rings (SSSR count). The topological polar surface area (TPSA) is 91.7 Å². The van der Waals surface area contributed by atoms with Crippen molar-refractivity contribution in [2.24, 2.45) is 5.92 Å². The highest BCUT2D eigenvalue weighted by molar-refractivity contribution is 7.89. The SMILES string of the molecule is CC1CN(c2ccc(S(=O)(=O)NCc3ccco3)cc2)NC1=O. The lowest BCUT2D eigenvalue weighted by molar-refractivity contribution is -0.121. The van der Waals surface area contributed by atoms with E-state index in [4.69, 9.17) is 4.42 Å². The number of carbonyl (C=O) groups excluding carboxylic acids is 1. The largest absolute Gasteiger partial charge is 0.468 e. The van der Waals surface area contributed by atoms with E-state index in [1.54, 1.807) is 29.3 Å². The third kappa shape index (κ3) is 3.38. The molecule has 0 bridgehead atoms. The van der Waals surface area contributed by atoms with E-state index in [1.165, 1.54) is 18.4 Å². The highest BCUT2D eigenvalue weighted by atomic mass is 32.2. The molecule has 1 saturated heterocycles. The van der Waals surface area contributed by atoms with Gasteiger partial charge >= 0.3 is 0 Å². The second-order valence-electron chi connectivity index (χ2n) is 5.39. The molecule has 1 amide bonds. The van der Waals surface area contributed by atoms with Crippen LogP contribution >= 0.6 is 0 Å². The molecule has 122 valence electrons. The average Bonchev–Trinajstić information content (AvgIpc) is 3.16. The predicted octanol–water partition coefficient (Wildman–Crippen LogP) is 1.25. The van der Waals surface area contributed by atoms with Crippen molar-refractivity contribution in [2.45, 2.75) is 18.4 Å². The number of hydrazine groups is 1. The third-order valence-electron chi connectivity index (χ3n) is 3.62. The van der Waals surface area contributed by atoms with Crippen LogP contribution in [0.15, 0.2) is 52.0 Å². The van der Waals surface area contributed by atoms with Crippen molar-refractivity contribution >= 4 is 21.6 Å². The zero-order chi connectivity index (χ0) is 16.4. The zero-order valence-electron chi connectivity index (χ0n) is 12.5. The van der Waals surface area contributed by atoms with Gasteiger partial charge in [-0.2, -0.15) is 0 Å². The molecule has 2 aromatic rings. The molecule has 1 aliphatic rings. The molecule has 0 saturated carbocycles. The van der Waals surface area contributed by atoms with Crippen LogP contribution in [0.4, 0.5) is 5.69 Å². The van der Waals surface area contributed by atoms with E-state index >= 15 is 0 Å². The monoisotopic (exact) mass is 335 g/mol. The van der Waals surface area contributed by atoms with Gasteiger partial charge in [0.1, 0.15) is 5.76 Å². The second kappa shape index (κ2) is 6.05. The standard InChI is InChI=1S/C15H17N3O4S/c1-11-10-18(17-15(11)19)12-4-6-14(7-5-12)23(20,21)16-9-13-3-2-8-22-13/h2-8,11,16H,9-10H2,1H3,(H,17,19). The number of benzene rings is 1. The van der Waals surface area contributed by atoms with Gasteiger partial charge in [0, 0.05) is 0 Å². The zero-order valence-corrected chi connectivity index (χ0v) is 13.3. The molecule has 1 unspecified atom stereocenters. The molecule has 8 heteroatoms. The summed E-state index contributed by atoms with van der Waals surface area (Å²) in [5, 5.41) is 1.71. The lowest BCUT2D eigenvalue weighted by atomic mass is 10.2. The average molecular weight is 335 g/mol. The fourth-order valence-corrected chi connectivity index (χ4v) is 3.28. The van der Waals surface area contributed by atoms with E-state index in [0.717, 1.165) is 5.69 Å². The smallest absolute Gasteiger partial charge is 0.243 e. The van der Waals surface area contributed by atoms with Gasteiger partial charge in [-0.05, 0) is 36.4 Å². The Hall–Kier alpha value is -2.32. The fraction of sp³-hybridized carbons (Fsp3) is 0.267. The summed E-state index contributed by atoms with van der Waals surface area (Å²) in [5.74, 6) is 0.411. The Balaban J connectivity index is 1.70. The second-order valence-corrected chi connectivity index (χ2v) is 7.15. The molecule has 2 N–H and O–H groups in total. The summed E-state index contributed by atoms with van der Waals surface area (Å²) < 4.78 is 32.0. The Labute approximate surface area is 134 Å². The first-order valence-electron chi connectivity index (χ1n) is 7.16. The van der Waals surface area contributed by atoms with E-state index in [9.17, 15) is 13.2 Å². The molecule has 1 aromatic carbocycles. The molecule has 1 aliphatic heterocycles. The minimum atomic E-state index is -3.61. The molecule has 1 fully saturated rings. The molecule has 2 heterocycles. The molecule has 1 atom stereocenters. The number of hydrogen-bond donors (Lipinski definition) is 2. The first-order valence-corrected chi connectivity index (χ1v) is 8.64. The first kappa shape index (κ1) is 15.6. The van der Waals surface area contributed by atoms with Gasteiger partial charge in [-0.25, -0.2) is 13.1 Å². The predicted molar refractivity (Wildman–Crippen MR) is 83.8 cm³/mol. The van der Waals surface area contributed by atoms with E-state index in [-0.39, 0.29) is 23.3 Å². The maximum atomic E-state index is 12.2. The number of carbonyl (C=O) groups is 1. The van der Waals surface area contributed by atoms with Crippen LogP contribution in [-0.2, 0) is 21.4 Å². The number of rotatable bonds is 5. The van der Waals surface area contributed by atoms with Crippen LogP contribution in [0.5, 0.6) is 0 Å². The van der Waals surface area contributed by atoms with E-state index in [0.29, 0.717) is 12.3 Å². The summed E-state index contributed by atoms with van der Waals surface area (Å²) in [5.41, 5.74) is 3.48. The molecular formula is C15H17N3O4S. The van der Waals surface area contributed by atoms with Crippen molar-refractivity contribution < 1.29 is 17.6 Å². The van der Waals surface area contributed by atoms with Crippen molar-refractivity contribution in [3.8, 4) is 0 Å². The number of sulfonamides is 1. The van der Waals surface area contributed by atoms with Gasteiger partial charge in [0.05, 0.1) is 35.9 Å². The normalized spacial score (nSPS) is 18.2. The Morgan fingerprint density at radius 1 is 1.30 bits per heavy atom. The van der Waals surface area contributed by atoms with Crippen molar-refractivity contribution in [3.63, 3.8) is 0 Å². The number of furan rings is 1. The summed E-state index contributed by atoms with van der Waals surface area (Å²) in [6.45, 7) is 2.49. The molecule has 0 radical (unpaired) electrons. The van der Waals surface area contributed by atoms with Crippen molar-refractivity contribution in [2.75, 3.05) is 11.6 Å². The summed E-state index contributed by atoms with van der Waals surface area (Å²) in [7, 11) is -3.61. The van der Waals surface area contributed by atoms with E-state index in [2.05, 4.69) is 10.1 Å². The summed E-state index contributed by atoms with van der Waals surface area (Å²) in [6, 6.07) is 9.75. The minimum absolute atomic E-state index is 0.0400. The lowest BCUT2D eigenvalue weighted by Gasteiger charge is -2.17. The van der Waals surface area contributed by atoms with Crippen LogP contribution in [0, 0.1) is 5.92 Å². The van der Waals surface area contributed by atoms with Crippen molar-refractivity contribution in [1.82, 2.24) is 10.1 Å². The van der Waals surface area contributed by atoms with Crippen molar-refractivity contribution in [1.29, 1.82) is 0 Å². The Kier molecular flexibility index (Phi) is 4.10. The highest BCUT2D eigenvalue weighted by Gasteiger charge is 2.27. The minimum Gasteiger partial charge on any atom is -0.468 e. The molecule has 0 spiro atoms. The summed E-state index contributed by atoms with van der Waals surface area (Å²) in [6.07, 6.45) is 1.49. The van der Waals surface area contributed by atoms with Gasteiger partial charge in [-0.1, -0.05) is 6.92 Å². The van der Waals surface area contributed by atoms with Crippen LogP contribution < -0.4 is 15.2 Å². The number of anilines is 1.